The summed E-state index contributed by atoms with van der Waals surface area (Å²) in [5.74, 6) is -0.912. The highest BCUT2D eigenvalue weighted by Gasteiger charge is 2.46. The van der Waals surface area contributed by atoms with Gasteiger partial charge in [0.15, 0.2) is 0 Å². The molecule has 1 saturated heterocycles. The molecule has 2 aromatic rings. The summed E-state index contributed by atoms with van der Waals surface area (Å²) >= 11 is 0. The second kappa shape index (κ2) is 8.55. The Labute approximate surface area is 167 Å². The number of rotatable bonds is 7. The first-order valence-electron chi connectivity index (χ1n) is 8.89. The lowest BCUT2D eigenvalue weighted by atomic mass is 10.1. The van der Waals surface area contributed by atoms with Gasteiger partial charge in [0.1, 0.15) is 17.6 Å². The van der Waals surface area contributed by atoms with E-state index in [9.17, 15) is 18.8 Å². The summed E-state index contributed by atoms with van der Waals surface area (Å²) in [4.78, 5) is 40.6. The van der Waals surface area contributed by atoms with Crippen LogP contribution < -0.4 is 15.0 Å². The van der Waals surface area contributed by atoms with Gasteiger partial charge in [-0.1, -0.05) is 12.1 Å². The van der Waals surface area contributed by atoms with Crippen LogP contribution in [0.2, 0.25) is 0 Å². The molecule has 29 heavy (non-hydrogen) atoms. The molecule has 1 atom stereocenters. The van der Waals surface area contributed by atoms with E-state index in [1.165, 1.54) is 42.4 Å². The van der Waals surface area contributed by atoms with E-state index in [1.807, 2.05) is 0 Å². The van der Waals surface area contributed by atoms with Crippen molar-refractivity contribution in [3.05, 3.63) is 67.0 Å². The Morgan fingerprint density at radius 2 is 1.97 bits per heavy atom. The second-order valence-electron chi connectivity index (χ2n) is 6.37. The van der Waals surface area contributed by atoms with Crippen molar-refractivity contribution in [1.82, 2.24) is 4.90 Å². The average molecular weight is 397 g/mol. The number of carbonyl (C=O) groups is 3. The van der Waals surface area contributed by atoms with E-state index in [2.05, 4.69) is 11.9 Å². The Morgan fingerprint density at radius 1 is 1.24 bits per heavy atom. The van der Waals surface area contributed by atoms with Crippen molar-refractivity contribution in [3.8, 4) is 5.75 Å². The van der Waals surface area contributed by atoms with Gasteiger partial charge in [-0.15, -0.1) is 6.58 Å². The summed E-state index contributed by atoms with van der Waals surface area (Å²) < 4.78 is 18.2. The quantitative estimate of drug-likeness (QED) is 0.575. The van der Waals surface area contributed by atoms with E-state index in [1.54, 1.807) is 24.3 Å². The fourth-order valence-corrected chi connectivity index (χ4v) is 3.09. The van der Waals surface area contributed by atoms with Gasteiger partial charge in [-0.3, -0.25) is 9.59 Å². The van der Waals surface area contributed by atoms with Crippen molar-refractivity contribution in [3.63, 3.8) is 0 Å². The molecule has 0 radical (unpaired) electrons. The van der Waals surface area contributed by atoms with E-state index in [4.69, 9.17) is 4.74 Å². The molecular weight excluding hydrogens is 377 g/mol. The molecule has 1 aliphatic heterocycles. The molecule has 4 amide bonds. The molecule has 1 heterocycles. The number of imide groups is 1. The second-order valence-corrected chi connectivity index (χ2v) is 6.37. The van der Waals surface area contributed by atoms with Crippen LogP contribution in [-0.2, 0) is 9.59 Å². The van der Waals surface area contributed by atoms with Crippen molar-refractivity contribution in [2.45, 2.75) is 12.5 Å². The lowest BCUT2D eigenvalue weighted by molar-refractivity contribution is -0.124. The number of amides is 4. The summed E-state index contributed by atoms with van der Waals surface area (Å²) in [5, 5.41) is 2.61. The Balaban J connectivity index is 1.81. The van der Waals surface area contributed by atoms with Crippen molar-refractivity contribution in [1.29, 1.82) is 0 Å². The van der Waals surface area contributed by atoms with E-state index < -0.39 is 29.7 Å². The van der Waals surface area contributed by atoms with Crippen LogP contribution in [0.15, 0.2) is 61.2 Å². The molecular formula is C21H20FN3O4. The third-order valence-electron chi connectivity index (χ3n) is 4.46. The summed E-state index contributed by atoms with van der Waals surface area (Å²) in [6, 6.07) is 10.3. The van der Waals surface area contributed by atoms with Crippen LogP contribution in [-0.4, -0.2) is 42.4 Å². The maximum atomic E-state index is 13.0. The Hall–Kier alpha value is -3.68. The molecule has 150 valence electrons. The Kier molecular flexibility index (Phi) is 5.92. The number of nitrogens with one attached hydrogen (secondary N) is 1. The van der Waals surface area contributed by atoms with Crippen LogP contribution in [0, 0.1) is 5.82 Å². The number of hydrogen-bond donors (Lipinski definition) is 1. The van der Waals surface area contributed by atoms with Gasteiger partial charge in [0.2, 0.25) is 5.91 Å². The number of hydrogen-bond acceptors (Lipinski definition) is 4. The van der Waals surface area contributed by atoms with Gasteiger partial charge in [-0.2, -0.15) is 0 Å². The average Bonchev–Trinajstić information content (AvgIpc) is 2.94. The van der Waals surface area contributed by atoms with E-state index >= 15 is 0 Å². The third-order valence-corrected chi connectivity index (χ3v) is 4.46. The molecule has 3 rings (SSSR count). The Bertz CT molecular complexity index is 945. The number of benzene rings is 2. The maximum absolute atomic E-state index is 13.0. The van der Waals surface area contributed by atoms with Crippen LogP contribution in [0.3, 0.4) is 0 Å². The number of nitrogens with zero attached hydrogens (tertiary/aromatic N) is 2. The minimum Gasteiger partial charge on any atom is -0.497 e. The van der Waals surface area contributed by atoms with Gasteiger partial charge in [-0.25, -0.2) is 14.1 Å². The summed E-state index contributed by atoms with van der Waals surface area (Å²) in [5.41, 5.74) is 0.753. The van der Waals surface area contributed by atoms with Crippen molar-refractivity contribution < 1.29 is 23.5 Å². The summed E-state index contributed by atoms with van der Waals surface area (Å²) in [6.45, 7) is 3.73. The zero-order chi connectivity index (χ0) is 21.0. The third kappa shape index (κ3) is 4.26. The van der Waals surface area contributed by atoms with Gasteiger partial charge in [-0.05, 0) is 36.4 Å². The largest absolute Gasteiger partial charge is 0.497 e. The predicted octanol–water partition coefficient (Wildman–Crippen LogP) is 3.19. The normalized spacial score (nSPS) is 16.1. The molecule has 0 saturated carbocycles. The molecule has 1 fully saturated rings. The SMILES string of the molecule is C=CCN1C(=O)N(c2cccc(OC)c2)C(=O)[C@H]1CC(=O)Nc1ccc(F)cc1. The molecule has 8 heteroatoms. The van der Waals surface area contributed by atoms with Crippen molar-refractivity contribution >= 4 is 29.2 Å². The maximum Gasteiger partial charge on any atom is 0.332 e. The van der Waals surface area contributed by atoms with Crippen LogP contribution in [0.25, 0.3) is 0 Å². The predicted molar refractivity (Wildman–Crippen MR) is 106 cm³/mol. The molecule has 7 nitrogen and oxygen atoms in total. The zero-order valence-electron chi connectivity index (χ0n) is 15.8. The fraction of sp³-hybridized carbons (Fsp3) is 0.190. The summed E-state index contributed by atoms with van der Waals surface area (Å²) in [6.07, 6.45) is 1.25. The fourth-order valence-electron chi connectivity index (χ4n) is 3.09. The molecule has 0 unspecified atom stereocenters. The van der Waals surface area contributed by atoms with Crippen molar-refractivity contribution in [2.24, 2.45) is 0 Å². The highest BCUT2D eigenvalue weighted by molar-refractivity contribution is 6.22. The number of halogens is 1. The number of anilines is 2. The van der Waals surface area contributed by atoms with Gasteiger partial charge >= 0.3 is 6.03 Å². The van der Waals surface area contributed by atoms with Crippen LogP contribution >= 0.6 is 0 Å². The van der Waals surface area contributed by atoms with E-state index in [0.29, 0.717) is 17.1 Å². The number of urea groups is 1. The minimum absolute atomic E-state index is 0.111. The van der Waals surface area contributed by atoms with Gasteiger partial charge in [0.25, 0.3) is 5.91 Å². The highest BCUT2D eigenvalue weighted by atomic mass is 19.1. The highest BCUT2D eigenvalue weighted by Crippen LogP contribution is 2.29. The van der Waals surface area contributed by atoms with Crippen LogP contribution in [0.5, 0.6) is 5.75 Å². The van der Waals surface area contributed by atoms with E-state index in [-0.39, 0.29) is 13.0 Å². The van der Waals surface area contributed by atoms with Gasteiger partial charge in [0, 0.05) is 18.3 Å². The van der Waals surface area contributed by atoms with E-state index in [0.717, 1.165) is 4.90 Å². The van der Waals surface area contributed by atoms with Crippen LogP contribution in [0.4, 0.5) is 20.6 Å². The molecule has 1 aliphatic rings. The number of carbonyl (C=O) groups excluding carboxylic acids is 3. The summed E-state index contributed by atoms with van der Waals surface area (Å²) in [7, 11) is 1.49. The lowest BCUT2D eigenvalue weighted by Gasteiger charge is -2.19. The van der Waals surface area contributed by atoms with Gasteiger partial charge < -0.3 is 15.0 Å². The van der Waals surface area contributed by atoms with Crippen LogP contribution in [0.1, 0.15) is 6.42 Å². The first-order chi connectivity index (χ1) is 13.9. The number of ether oxygens (including phenoxy) is 1. The monoisotopic (exact) mass is 397 g/mol. The van der Waals surface area contributed by atoms with Gasteiger partial charge in [0.05, 0.1) is 19.2 Å². The number of methoxy groups -OCH3 is 1. The first kappa shape index (κ1) is 20.1. The van der Waals surface area contributed by atoms with Crippen molar-refractivity contribution in [2.75, 3.05) is 23.9 Å². The first-order valence-corrected chi connectivity index (χ1v) is 8.89. The molecule has 0 bridgehead atoms. The Morgan fingerprint density at radius 3 is 2.62 bits per heavy atom. The smallest absolute Gasteiger partial charge is 0.332 e. The molecule has 0 aromatic heterocycles. The zero-order valence-corrected chi connectivity index (χ0v) is 15.8. The lowest BCUT2D eigenvalue weighted by Crippen LogP contribution is -2.38. The minimum atomic E-state index is -0.979. The standard InChI is InChI=1S/C21H20FN3O4/c1-3-11-24-18(13-19(26)23-15-9-7-14(22)8-10-15)20(27)25(21(24)28)16-5-4-6-17(12-16)29-2/h3-10,12,18H,1,11,13H2,2H3,(H,23,26)/t18-/m1/s1. The molecule has 0 aliphatic carbocycles. The molecule has 0 spiro atoms. The molecule has 1 N–H and O–H groups in total. The molecule has 2 aromatic carbocycles. The topological polar surface area (TPSA) is 79.0 Å².